The van der Waals surface area contributed by atoms with Crippen LogP contribution in [0.25, 0.3) is 0 Å². The van der Waals surface area contributed by atoms with Crippen LogP contribution in [0.15, 0.2) is 119 Å². The fraction of sp³-hybridized carbons (Fsp3) is 0.158. The molecule has 0 N–H and O–H groups in total. The molecule has 50 heavy (non-hydrogen) atoms. The van der Waals surface area contributed by atoms with Crippen LogP contribution in [0.5, 0.6) is 17.2 Å². The molecule has 5 aromatic rings. The number of carbonyl (C=O) groups excluding carboxylic acids is 2. The van der Waals surface area contributed by atoms with Crippen molar-refractivity contribution in [2.24, 2.45) is 0 Å². The minimum absolute atomic E-state index is 0.0506. The summed E-state index contributed by atoms with van der Waals surface area (Å²) >= 11 is 0. The number of nitrogens with zero attached hydrogens (tertiary/aromatic N) is 1. The van der Waals surface area contributed by atoms with Crippen LogP contribution < -0.4 is 13.1 Å². The number of carbonyl (C=O) groups is 2. The molecule has 256 valence electrons. The molecular formula is C38H33NO9S2. The van der Waals surface area contributed by atoms with Crippen molar-refractivity contribution in [2.75, 3.05) is 6.54 Å². The second-order valence-electron chi connectivity index (χ2n) is 11.9. The van der Waals surface area contributed by atoms with Gasteiger partial charge in [0.15, 0.2) is 5.75 Å². The van der Waals surface area contributed by atoms with E-state index in [1.165, 1.54) is 35.2 Å². The first-order valence-corrected chi connectivity index (χ1v) is 18.5. The summed E-state index contributed by atoms with van der Waals surface area (Å²) in [6, 6.07) is 28.5. The molecule has 12 heteroatoms. The molecule has 0 atom stereocenters. The third kappa shape index (κ3) is 7.72. The number of fused-ring (bicyclic) bond motifs is 1. The van der Waals surface area contributed by atoms with Crippen molar-refractivity contribution in [2.45, 2.75) is 43.2 Å². The molecule has 10 nitrogen and oxygen atoms in total. The molecule has 0 saturated carbocycles. The summed E-state index contributed by atoms with van der Waals surface area (Å²) in [6.45, 7) is 3.95. The van der Waals surface area contributed by atoms with E-state index < -0.39 is 31.9 Å². The van der Waals surface area contributed by atoms with Crippen LogP contribution >= 0.6 is 0 Å². The molecule has 0 saturated heterocycles. The molecule has 0 fully saturated rings. The van der Waals surface area contributed by atoms with Gasteiger partial charge in [0.1, 0.15) is 39.7 Å². The lowest BCUT2D eigenvalue weighted by Gasteiger charge is -2.30. The Balaban J connectivity index is 1.47. The van der Waals surface area contributed by atoms with Crippen molar-refractivity contribution in [1.82, 2.24) is 4.90 Å². The maximum Gasteiger partial charge on any atom is 0.339 e. The number of rotatable bonds is 11. The maximum absolute atomic E-state index is 14.5. The summed E-state index contributed by atoms with van der Waals surface area (Å²) < 4.78 is 71.4. The number of hydrogen-bond acceptors (Lipinski definition) is 9. The SMILES string of the molecule is Cc1ccc(S(=O)(=O)Oc2cc(OCc3ccccc3)c(C(=O)N3CCc4ccc(C=O)cc4C3)c(OS(=O)(=O)c3ccc(C)cc3)c2)cc1. The van der Waals surface area contributed by atoms with E-state index in [1.807, 2.05) is 19.1 Å². The van der Waals surface area contributed by atoms with Crippen LogP contribution in [0, 0.1) is 13.8 Å². The van der Waals surface area contributed by atoms with E-state index in [1.54, 1.807) is 67.6 Å². The van der Waals surface area contributed by atoms with Gasteiger partial charge in [0.25, 0.3) is 5.91 Å². The second kappa shape index (κ2) is 14.2. The van der Waals surface area contributed by atoms with E-state index in [-0.39, 0.29) is 46.5 Å². The van der Waals surface area contributed by atoms with Gasteiger partial charge >= 0.3 is 20.2 Å². The molecule has 1 aliphatic heterocycles. The van der Waals surface area contributed by atoms with Gasteiger partial charge in [-0.05, 0) is 67.3 Å². The molecule has 1 aliphatic rings. The van der Waals surface area contributed by atoms with Gasteiger partial charge in [-0.3, -0.25) is 9.59 Å². The van der Waals surface area contributed by atoms with Crippen molar-refractivity contribution in [3.63, 3.8) is 0 Å². The number of ether oxygens (including phenoxy) is 1. The van der Waals surface area contributed by atoms with Crippen molar-refractivity contribution in [3.8, 4) is 17.2 Å². The quantitative estimate of drug-likeness (QED) is 0.112. The van der Waals surface area contributed by atoms with Gasteiger partial charge in [0.2, 0.25) is 0 Å². The van der Waals surface area contributed by atoms with Gasteiger partial charge in [-0.2, -0.15) is 16.8 Å². The van der Waals surface area contributed by atoms with Gasteiger partial charge in [0.05, 0.1) is 0 Å². The normalized spacial score (nSPS) is 12.9. The van der Waals surface area contributed by atoms with Crippen LogP contribution in [-0.4, -0.2) is 40.5 Å². The minimum Gasteiger partial charge on any atom is -0.488 e. The Bertz CT molecular complexity index is 2270. The van der Waals surface area contributed by atoms with Crippen molar-refractivity contribution in [1.29, 1.82) is 0 Å². The van der Waals surface area contributed by atoms with E-state index >= 15 is 0 Å². The van der Waals surface area contributed by atoms with Crippen LogP contribution in [0.2, 0.25) is 0 Å². The molecule has 0 aliphatic carbocycles. The van der Waals surface area contributed by atoms with E-state index in [9.17, 15) is 26.4 Å². The summed E-state index contributed by atoms with van der Waals surface area (Å²) in [4.78, 5) is 27.1. The molecule has 0 bridgehead atoms. The fourth-order valence-electron chi connectivity index (χ4n) is 5.47. The van der Waals surface area contributed by atoms with E-state index in [0.29, 0.717) is 12.0 Å². The highest BCUT2D eigenvalue weighted by Crippen LogP contribution is 2.39. The van der Waals surface area contributed by atoms with Crippen LogP contribution in [0.1, 0.15) is 48.5 Å². The predicted octanol–water partition coefficient (Wildman–Crippen LogP) is 6.43. The molecular weight excluding hydrogens is 679 g/mol. The van der Waals surface area contributed by atoms with Gasteiger partial charge in [-0.25, -0.2) is 0 Å². The highest BCUT2D eigenvalue weighted by Gasteiger charge is 2.32. The second-order valence-corrected chi connectivity index (χ2v) is 15.0. The number of benzene rings is 5. The first kappa shape index (κ1) is 34.4. The van der Waals surface area contributed by atoms with Gasteiger partial charge in [-0.1, -0.05) is 77.9 Å². The molecule has 1 amide bonds. The Morgan fingerprint density at radius 3 is 1.94 bits per heavy atom. The summed E-state index contributed by atoms with van der Waals surface area (Å²) in [5.41, 5.74) is 4.33. The first-order valence-electron chi connectivity index (χ1n) is 15.7. The Morgan fingerprint density at radius 2 is 1.32 bits per heavy atom. The fourth-order valence-corrected chi connectivity index (χ4v) is 7.32. The zero-order valence-corrected chi connectivity index (χ0v) is 28.9. The summed E-state index contributed by atoms with van der Waals surface area (Å²) in [5, 5.41) is 0. The number of hydrogen-bond donors (Lipinski definition) is 0. The minimum atomic E-state index is -4.55. The monoisotopic (exact) mass is 711 g/mol. The highest BCUT2D eigenvalue weighted by molar-refractivity contribution is 7.87. The van der Waals surface area contributed by atoms with Crippen LogP contribution in [0.3, 0.4) is 0 Å². The standard InChI is InChI=1S/C38H33NO9S2/c1-26-8-14-33(15-9-26)49(42,43)47-32-21-35(46-25-28-6-4-3-5-7-28)37(36(22-32)48-50(44,45)34-16-10-27(2)11-17-34)38(41)39-19-18-30-13-12-29(24-40)20-31(30)23-39/h3-17,20-22,24H,18-19,23,25H2,1-2H3. The molecule has 5 aromatic carbocycles. The third-order valence-electron chi connectivity index (χ3n) is 8.18. The van der Waals surface area contributed by atoms with Gasteiger partial charge < -0.3 is 18.0 Å². The zero-order chi connectivity index (χ0) is 35.5. The summed E-state index contributed by atoms with van der Waals surface area (Å²) in [5.74, 6) is -1.60. The van der Waals surface area contributed by atoms with E-state index in [0.717, 1.165) is 40.2 Å². The summed E-state index contributed by atoms with van der Waals surface area (Å²) in [7, 11) is -8.96. The Labute approximate surface area is 291 Å². The zero-order valence-electron chi connectivity index (χ0n) is 27.2. The summed E-state index contributed by atoms with van der Waals surface area (Å²) in [6.07, 6.45) is 1.20. The topological polar surface area (TPSA) is 133 Å². The lowest BCUT2D eigenvalue weighted by atomic mass is 9.97. The average Bonchev–Trinajstić information content (AvgIpc) is 3.10. The van der Waals surface area contributed by atoms with Gasteiger partial charge in [-0.15, -0.1) is 0 Å². The van der Waals surface area contributed by atoms with E-state index in [2.05, 4.69) is 0 Å². The van der Waals surface area contributed by atoms with E-state index in [4.69, 9.17) is 13.1 Å². The lowest BCUT2D eigenvalue weighted by molar-refractivity contribution is 0.0727. The average molecular weight is 712 g/mol. The smallest absolute Gasteiger partial charge is 0.339 e. The number of aryl methyl sites for hydroxylation is 2. The Hall–Kier alpha value is -5.46. The predicted molar refractivity (Wildman–Crippen MR) is 185 cm³/mol. The van der Waals surface area contributed by atoms with Crippen molar-refractivity contribution >= 4 is 32.4 Å². The van der Waals surface area contributed by atoms with Crippen molar-refractivity contribution < 1.29 is 39.5 Å². The molecule has 0 aromatic heterocycles. The largest absolute Gasteiger partial charge is 0.488 e. The van der Waals surface area contributed by atoms with Crippen molar-refractivity contribution in [3.05, 3.63) is 148 Å². The van der Waals surface area contributed by atoms with Crippen LogP contribution in [0.4, 0.5) is 0 Å². The Kier molecular flexibility index (Phi) is 9.76. The molecule has 0 unspecified atom stereocenters. The molecule has 6 rings (SSSR count). The number of aldehydes is 1. The van der Waals surface area contributed by atoms with Crippen LogP contribution in [-0.2, 0) is 39.8 Å². The molecule has 0 spiro atoms. The third-order valence-corrected chi connectivity index (χ3v) is 10.7. The number of amides is 1. The molecule has 1 heterocycles. The first-order chi connectivity index (χ1) is 23.9. The maximum atomic E-state index is 14.5. The molecule has 0 radical (unpaired) electrons. The highest BCUT2D eigenvalue weighted by atomic mass is 32.2. The lowest BCUT2D eigenvalue weighted by Crippen LogP contribution is -2.36. The van der Waals surface area contributed by atoms with Gasteiger partial charge in [0, 0.05) is 30.8 Å². The Morgan fingerprint density at radius 1 is 0.720 bits per heavy atom.